The second kappa shape index (κ2) is 6.36. The van der Waals surface area contributed by atoms with E-state index in [0.29, 0.717) is 5.82 Å². The minimum absolute atomic E-state index is 0.251. The van der Waals surface area contributed by atoms with E-state index in [1.54, 1.807) is 7.11 Å². The molecule has 22 heavy (non-hydrogen) atoms. The third-order valence-electron chi connectivity index (χ3n) is 3.30. The number of aliphatic hydroxyl groups excluding tert-OH is 1. The Morgan fingerprint density at radius 2 is 1.95 bits per heavy atom. The summed E-state index contributed by atoms with van der Waals surface area (Å²) in [5.74, 6) is 1.23. The van der Waals surface area contributed by atoms with Crippen LogP contribution in [0.2, 0.25) is 0 Å². The Balaban J connectivity index is 1.76. The molecule has 3 aromatic rings. The molecule has 0 saturated carbocycles. The number of aromatic nitrogens is 4. The topological polar surface area (TPSA) is 73.1 Å². The Bertz CT molecular complexity index is 743. The molecule has 0 unspecified atom stereocenters. The Hall–Kier alpha value is -2.73. The summed E-state index contributed by atoms with van der Waals surface area (Å²) in [5.41, 5.74) is 1.64. The molecular formula is C16H16N4O2. The van der Waals surface area contributed by atoms with E-state index in [4.69, 9.17) is 4.74 Å². The van der Waals surface area contributed by atoms with Crippen molar-refractivity contribution in [1.82, 2.24) is 20.2 Å². The van der Waals surface area contributed by atoms with E-state index in [-0.39, 0.29) is 6.54 Å². The Kier molecular flexibility index (Phi) is 4.11. The summed E-state index contributed by atoms with van der Waals surface area (Å²) in [6, 6.07) is 16.9. The molecule has 1 heterocycles. The smallest absolute Gasteiger partial charge is 0.205 e. The number of tetrazole rings is 1. The zero-order chi connectivity index (χ0) is 15.4. The summed E-state index contributed by atoms with van der Waals surface area (Å²) in [4.78, 5) is 1.40. The first kappa shape index (κ1) is 14.2. The van der Waals surface area contributed by atoms with Crippen LogP contribution < -0.4 is 4.74 Å². The number of ether oxygens (including phenoxy) is 1. The van der Waals surface area contributed by atoms with Gasteiger partial charge in [0.15, 0.2) is 0 Å². The van der Waals surface area contributed by atoms with Crippen molar-refractivity contribution in [3.05, 3.63) is 60.2 Å². The summed E-state index contributed by atoms with van der Waals surface area (Å²) in [6.45, 7) is 0.251. The first-order valence-electron chi connectivity index (χ1n) is 6.91. The normalized spacial score (nSPS) is 12.1. The largest absolute Gasteiger partial charge is 0.497 e. The zero-order valence-corrected chi connectivity index (χ0v) is 12.1. The number of benzene rings is 2. The second-order valence-corrected chi connectivity index (χ2v) is 4.83. The Morgan fingerprint density at radius 3 is 2.73 bits per heavy atom. The third-order valence-corrected chi connectivity index (χ3v) is 3.30. The summed E-state index contributed by atoms with van der Waals surface area (Å²) in [6.07, 6.45) is -0.673. The molecule has 6 nitrogen and oxygen atoms in total. The molecule has 3 rings (SSSR count). The molecule has 6 heteroatoms. The molecule has 0 amide bonds. The van der Waals surface area contributed by atoms with Gasteiger partial charge in [-0.3, -0.25) is 0 Å². The molecule has 0 aliphatic rings. The second-order valence-electron chi connectivity index (χ2n) is 4.83. The molecule has 0 spiro atoms. The van der Waals surface area contributed by atoms with E-state index in [1.165, 1.54) is 4.80 Å². The van der Waals surface area contributed by atoms with Crippen molar-refractivity contribution in [2.24, 2.45) is 0 Å². The molecule has 1 atom stereocenters. The highest BCUT2D eigenvalue weighted by Crippen LogP contribution is 2.20. The molecule has 0 bridgehead atoms. The minimum Gasteiger partial charge on any atom is -0.497 e. The quantitative estimate of drug-likeness (QED) is 0.780. The highest BCUT2D eigenvalue weighted by atomic mass is 16.5. The lowest BCUT2D eigenvalue weighted by Crippen LogP contribution is -2.11. The molecule has 1 N–H and O–H groups in total. The molecule has 2 aromatic carbocycles. The third kappa shape index (κ3) is 3.12. The van der Waals surface area contributed by atoms with Gasteiger partial charge < -0.3 is 9.84 Å². The van der Waals surface area contributed by atoms with Crippen LogP contribution in [0.15, 0.2) is 54.6 Å². The number of hydrogen-bond acceptors (Lipinski definition) is 5. The maximum atomic E-state index is 10.2. The van der Waals surface area contributed by atoms with E-state index in [1.807, 2.05) is 54.6 Å². The van der Waals surface area contributed by atoms with E-state index < -0.39 is 6.10 Å². The van der Waals surface area contributed by atoms with Gasteiger partial charge in [-0.1, -0.05) is 42.5 Å². The number of nitrogens with zero attached hydrogens (tertiary/aromatic N) is 4. The van der Waals surface area contributed by atoms with E-state index in [0.717, 1.165) is 16.9 Å². The summed E-state index contributed by atoms with van der Waals surface area (Å²) in [7, 11) is 1.61. The van der Waals surface area contributed by atoms with Crippen LogP contribution >= 0.6 is 0 Å². The van der Waals surface area contributed by atoms with Crippen LogP contribution in [0.1, 0.15) is 11.7 Å². The predicted molar refractivity (Wildman–Crippen MR) is 81.2 cm³/mol. The van der Waals surface area contributed by atoms with Gasteiger partial charge in [0.1, 0.15) is 11.9 Å². The van der Waals surface area contributed by atoms with Crippen LogP contribution in [0, 0.1) is 0 Å². The van der Waals surface area contributed by atoms with Crippen molar-refractivity contribution in [2.75, 3.05) is 7.11 Å². The van der Waals surface area contributed by atoms with Crippen molar-refractivity contribution >= 4 is 0 Å². The van der Waals surface area contributed by atoms with E-state index >= 15 is 0 Å². The van der Waals surface area contributed by atoms with Crippen LogP contribution in [0.4, 0.5) is 0 Å². The lowest BCUT2D eigenvalue weighted by atomic mass is 10.1. The summed E-state index contributed by atoms with van der Waals surface area (Å²) < 4.78 is 5.18. The van der Waals surface area contributed by atoms with Gasteiger partial charge in [-0.25, -0.2) is 0 Å². The van der Waals surface area contributed by atoms with Gasteiger partial charge >= 0.3 is 0 Å². The Labute approximate surface area is 128 Å². The van der Waals surface area contributed by atoms with Gasteiger partial charge in [-0.05, 0) is 22.9 Å². The number of hydrogen-bond donors (Lipinski definition) is 1. The van der Waals surface area contributed by atoms with E-state index in [9.17, 15) is 5.11 Å². The fourth-order valence-corrected chi connectivity index (χ4v) is 2.13. The van der Waals surface area contributed by atoms with Crippen LogP contribution in [0.25, 0.3) is 11.4 Å². The lowest BCUT2D eigenvalue weighted by Gasteiger charge is -2.08. The molecule has 112 valence electrons. The van der Waals surface area contributed by atoms with Gasteiger partial charge in [0.05, 0.1) is 13.7 Å². The fraction of sp³-hybridized carbons (Fsp3) is 0.188. The highest BCUT2D eigenvalue weighted by Gasteiger charge is 2.12. The standard InChI is InChI=1S/C16H16N4O2/c1-22-14-9-5-8-13(10-14)16-17-19-20(18-16)11-15(21)12-6-3-2-4-7-12/h2-10,15,21H,11H2,1H3/t15-/m0/s1. The SMILES string of the molecule is COc1cccc(-c2nnn(C[C@H](O)c3ccccc3)n2)c1. The van der Waals surface area contributed by atoms with Crippen LogP contribution in [-0.2, 0) is 6.54 Å². The van der Waals surface area contributed by atoms with Gasteiger partial charge in [0.25, 0.3) is 0 Å². The molecule has 0 saturated heterocycles. The molecule has 0 fully saturated rings. The summed E-state index contributed by atoms with van der Waals surface area (Å²) in [5, 5.41) is 22.5. The van der Waals surface area contributed by atoms with Crippen LogP contribution in [0.3, 0.4) is 0 Å². The number of rotatable bonds is 5. The van der Waals surface area contributed by atoms with Gasteiger partial charge in [-0.2, -0.15) is 4.80 Å². The van der Waals surface area contributed by atoms with E-state index in [2.05, 4.69) is 15.4 Å². The van der Waals surface area contributed by atoms with Crippen molar-refractivity contribution in [2.45, 2.75) is 12.6 Å². The minimum atomic E-state index is -0.673. The van der Waals surface area contributed by atoms with Gasteiger partial charge in [-0.15, -0.1) is 10.2 Å². The first-order valence-corrected chi connectivity index (χ1v) is 6.91. The molecule has 1 aromatic heterocycles. The highest BCUT2D eigenvalue weighted by molar-refractivity contribution is 5.56. The van der Waals surface area contributed by atoms with Crippen LogP contribution in [0.5, 0.6) is 5.75 Å². The predicted octanol–water partition coefficient (Wildman–Crippen LogP) is 2.08. The number of methoxy groups -OCH3 is 1. The van der Waals surface area contributed by atoms with Gasteiger partial charge in [0.2, 0.25) is 5.82 Å². The fourth-order valence-electron chi connectivity index (χ4n) is 2.13. The monoisotopic (exact) mass is 296 g/mol. The average Bonchev–Trinajstić information content (AvgIpc) is 3.04. The molecule has 0 aliphatic heterocycles. The summed E-state index contributed by atoms with van der Waals surface area (Å²) >= 11 is 0. The average molecular weight is 296 g/mol. The van der Waals surface area contributed by atoms with Gasteiger partial charge in [0, 0.05) is 5.56 Å². The maximum absolute atomic E-state index is 10.2. The maximum Gasteiger partial charge on any atom is 0.205 e. The van der Waals surface area contributed by atoms with Crippen molar-refractivity contribution in [3.63, 3.8) is 0 Å². The first-order chi connectivity index (χ1) is 10.8. The number of aliphatic hydroxyl groups is 1. The molecule has 0 aliphatic carbocycles. The van der Waals surface area contributed by atoms with Crippen molar-refractivity contribution in [1.29, 1.82) is 0 Å². The van der Waals surface area contributed by atoms with Crippen molar-refractivity contribution in [3.8, 4) is 17.1 Å². The molecular weight excluding hydrogens is 280 g/mol. The zero-order valence-electron chi connectivity index (χ0n) is 12.1. The van der Waals surface area contributed by atoms with Crippen molar-refractivity contribution < 1.29 is 9.84 Å². The lowest BCUT2D eigenvalue weighted by molar-refractivity contribution is 0.144. The molecule has 0 radical (unpaired) electrons. The Morgan fingerprint density at radius 1 is 1.14 bits per heavy atom. The van der Waals surface area contributed by atoms with Crippen LogP contribution in [-0.4, -0.2) is 32.4 Å².